The molecule has 564 valence electrons. The van der Waals surface area contributed by atoms with E-state index in [1.54, 1.807) is 68.4 Å². The first-order valence-corrected chi connectivity index (χ1v) is 36.6. The summed E-state index contributed by atoms with van der Waals surface area (Å²) < 4.78 is 80.6. The molecule has 0 spiro atoms. The zero-order valence-corrected chi connectivity index (χ0v) is 67.9. The standard InChI is InChI=1S/C42H42FN5O4.C33H32BrN5O4.C9H10BF3.FH.K/c1-6-29-19-26(2)33(43)21-32(29)30-17-18-31-34(20-30)45-46-38(31)39-44-35-24-48(41(50)52-42(3,4)5)37(40(49)51-25-28-15-11-8-12-16-28)22-36(35)47(39)23-27-13-9-7-10-14-27;1-33(2,3)43-32(41)39-19-26-27(17-28(39)31(40)42-20-22-12-8-5-9-13-22)38(18-21-10-6-4-7-11-21)30(35-26)29-24-15-14-23(34)16-25(24)36-37-29;1-3-7-4-6(2)9(11)5-8(7)10(12)13;;/h7-21,37H,6,22-25H2,1-5H3,(H,45,46);4-16,28H,17-20H2,1-3H3,(H,36,37);4-5H,3H2,1-2H3;1H;/q;;;;+1/p-1/t37-;28-;;;/m00.../s1. The summed E-state index contributed by atoms with van der Waals surface area (Å²) >= 11 is 3.53. The summed E-state index contributed by atoms with van der Waals surface area (Å²) in [6.45, 7) is 19.3. The Bertz CT molecular complexity index is 5250. The first kappa shape index (κ1) is 82.9. The maximum absolute atomic E-state index is 14.7. The van der Waals surface area contributed by atoms with Gasteiger partial charge in [-0.15, -0.1) is 0 Å². The maximum atomic E-state index is 14.7. The van der Waals surface area contributed by atoms with Gasteiger partial charge in [-0.25, -0.2) is 37.9 Å². The van der Waals surface area contributed by atoms with Gasteiger partial charge in [0.05, 0.1) is 35.5 Å². The number of aromatic nitrogens is 8. The minimum atomic E-state index is -2.59. The quantitative estimate of drug-likeness (QED) is 0.0401. The van der Waals surface area contributed by atoms with Gasteiger partial charge in [0, 0.05) is 52.6 Å². The fourth-order valence-corrected chi connectivity index (χ4v) is 13.7. The number of esters is 2. The number of rotatable bonds is 16. The molecule has 2 amide bonds. The number of imidazole rings is 2. The zero-order valence-electron chi connectivity index (χ0n) is 63.2. The third-order valence-electron chi connectivity index (χ3n) is 18.7. The van der Waals surface area contributed by atoms with Crippen LogP contribution in [0.15, 0.2) is 186 Å². The third-order valence-corrected chi connectivity index (χ3v) is 19.2. The van der Waals surface area contributed by atoms with E-state index in [4.69, 9.17) is 34.0 Å². The van der Waals surface area contributed by atoms with Crippen molar-refractivity contribution < 1.29 is 112 Å². The van der Waals surface area contributed by atoms with Crippen LogP contribution >= 0.6 is 15.9 Å². The molecule has 0 bridgehead atoms. The van der Waals surface area contributed by atoms with Crippen molar-refractivity contribution in [1.82, 2.24) is 49.3 Å². The van der Waals surface area contributed by atoms with Crippen molar-refractivity contribution in [2.45, 2.75) is 158 Å². The first-order chi connectivity index (χ1) is 51.7. The monoisotopic (exact) mass is 1580 g/mol. The second-order valence-corrected chi connectivity index (χ2v) is 29.7. The second kappa shape index (κ2) is 36.1. The van der Waals surface area contributed by atoms with E-state index in [9.17, 15) is 36.6 Å². The van der Waals surface area contributed by atoms with Crippen molar-refractivity contribution in [2.24, 2.45) is 0 Å². The summed E-state index contributed by atoms with van der Waals surface area (Å²) in [7, 11) is -2.59. The van der Waals surface area contributed by atoms with E-state index in [0.717, 1.165) is 89.1 Å². The number of amides is 2. The number of halogens is 6. The Labute approximate surface area is 686 Å². The number of ether oxygens (including phenoxy) is 4. The van der Waals surface area contributed by atoms with Crippen molar-refractivity contribution >= 4 is 74.6 Å². The molecule has 6 heterocycles. The predicted molar refractivity (Wildman–Crippen MR) is 412 cm³/mol. The van der Waals surface area contributed by atoms with Gasteiger partial charge in [0.15, 0.2) is 11.6 Å². The normalized spacial score (nSPS) is 13.8. The minimum absolute atomic E-state index is 0. The van der Waals surface area contributed by atoms with E-state index in [1.807, 2.05) is 152 Å². The minimum Gasteiger partial charge on any atom is -1.00 e. The average Bonchev–Trinajstić information content (AvgIpc) is 1.60. The third kappa shape index (κ3) is 19.6. The Morgan fingerprint density at radius 1 is 0.536 bits per heavy atom. The molecule has 12 aromatic rings. The van der Waals surface area contributed by atoms with Gasteiger partial charge >= 0.3 is 82.8 Å². The van der Waals surface area contributed by atoms with Gasteiger partial charge in [-0.2, -0.15) is 10.2 Å². The van der Waals surface area contributed by atoms with Gasteiger partial charge in [-0.05, 0) is 172 Å². The summed E-state index contributed by atoms with van der Waals surface area (Å²) in [5.41, 5.74) is 12.5. The Kier molecular flexibility index (Phi) is 27.2. The van der Waals surface area contributed by atoms with E-state index in [1.165, 1.54) is 15.9 Å². The van der Waals surface area contributed by atoms with Crippen LogP contribution in [-0.2, 0) is 93.6 Å². The number of H-pyrrole nitrogens is 2. The summed E-state index contributed by atoms with van der Waals surface area (Å²) in [6, 6.07) is 55.0. The number of aryl methyl sites for hydroxylation is 4. The molecule has 0 saturated carbocycles. The number of carbonyl (C=O) groups excluding carboxylic acids is 4. The van der Waals surface area contributed by atoms with Crippen LogP contribution in [-0.4, -0.2) is 104 Å². The molecule has 2 N–H and O–H groups in total. The fourth-order valence-electron chi connectivity index (χ4n) is 13.3. The van der Waals surface area contributed by atoms with Crippen LogP contribution in [0.5, 0.6) is 0 Å². The molecular weight excluding hydrogens is 1500 g/mol. The fraction of sp³-hybridized carbons (Fsp3) is 0.286. The van der Waals surface area contributed by atoms with E-state index in [-0.39, 0.29) is 107 Å². The van der Waals surface area contributed by atoms with Crippen LogP contribution in [0, 0.1) is 25.5 Å². The number of fused-ring (bicyclic) bond motifs is 4. The Morgan fingerprint density at radius 2 is 0.936 bits per heavy atom. The Balaban J connectivity index is 0.000000200. The van der Waals surface area contributed by atoms with Crippen molar-refractivity contribution in [2.75, 3.05) is 0 Å². The molecule has 0 fully saturated rings. The molecule has 2 aliphatic rings. The number of benzene rings is 8. The van der Waals surface area contributed by atoms with E-state index in [0.29, 0.717) is 70.6 Å². The van der Waals surface area contributed by atoms with Gasteiger partial charge in [-0.3, -0.25) is 28.6 Å². The van der Waals surface area contributed by atoms with Gasteiger partial charge in [0.1, 0.15) is 59.5 Å². The predicted octanol–water partition coefficient (Wildman–Crippen LogP) is 11.5. The van der Waals surface area contributed by atoms with Crippen molar-refractivity contribution in [1.29, 1.82) is 0 Å². The Morgan fingerprint density at radius 3 is 1.35 bits per heavy atom. The van der Waals surface area contributed by atoms with Crippen LogP contribution in [0.4, 0.5) is 27.0 Å². The van der Waals surface area contributed by atoms with Crippen LogP contribution < -0.4 is 61.6 Å². The van der Waals surface area contributed by atoms with E-state index < -0.39 is 60.5 Å². The van der Waals surface area contributed by atoms with Crippen molar-refractivity contribution in [3.05, 3.63) is 265 Å². The van der Waals surface area contributed by atoms with Crippen molar-refractivity contribution in [3.8, 4) is 34.2 Å². The number of hydrogen-bond acceptors (Lipinski definition) is 12. The molecule has 2 aliphatic heterocycles. The molecule has 2 atom stereocenters. The molecule has 18 nitrogen and oxygen atoms in total. The van der Waals surface area contributed by atoms with Crippen LogP contribution in [0.25, 0.3) is 56.0 Å². The smallest absolute Gasteiger partial charge is 1.00 e. The molecular formula is C84H84BBrF5KN10O8. The summed E-state index contributed by atoms with van der Waals surface area (Å²) in [5, 5.41) is 17.5. The largest absolute Gasteiger partial charge is 1.00 e. The van der Waals surface area contributed by atoms with E-state index >= 15 is 0 Å². The molecule has 26 heteroatoms. The Hall–Kier alpha value is -9.57. The average molecular weight is 1590 g/mol. The van der Waals surface area contributed by atoms with Gasteiger partial charge in [0.25, 0.3) is 0 Å². The van der Waals surface area contributed by atoms with Gasteiger partial charge in [-0.1, -0.05) is 169 Å². The number of carbonyl (C=O) groups is 4. The molecule has 14 rings (SSSR count). The van der Waals surface area contributed by atoms with Gasteiger partial charge in [0.2, 0.25) is 0 Å². The van der Waals surface area contributed by atoms with Crippen LogP contribution in [0.2, 0.25) is 0 Å². The van der Waals surface area contributed by atoms with Crippen LogP contribution in [0.1, 0.15) is 123 Å². The number of aromatic amines is 2. The number of nitrogens with one attached hydrogen (secondary N) is 2. The SMILES string of the molecule is CC(C)(C)OC(=O)N1Cc2nc(-c3n[nH]c4cc(Br)ccc34)n(Cc3ccccc3)c2C[C@H]1C(=O)OCc1ccccc1.CCc1cc(C)c(F)cc1-c1ccc2c(-c3nc4c(n3Cc3ccccc3)C[C@@H](C(=O)OCc3ccccc3)N(C(=O)OC(C)(C)C)C4)n[nH]c2c1.CCc1cc(C)c(F)cc1B(F)F.[F-].[K+]. The summed E-state index contributed by atoms with van der Waals surface area (Å²) in [4.78, 5) is 67.6. The molecule has 0 unspecified atom stereocenters. The molecule has 0 aliphatic carbocycles. The molecule has 0 radical (unpaired) electrons. The summed E-state index contributed by atoms with van der Waals surface area (Å²) in [6.07, 6.45) is 0.459. The zero-order chi connectivity index (χ0) is 76.7. The number of nitrogens with zero attached hydrogens (tertiary/aromatic N) is 8. The van der Waals surface area contributed by atoms with Crippen molar-refractivity contribution in [3.63, 3.8) is 0 Å². The molecule has 4 aromatic heterocycles. The summed E-state index contributed by atoms with van der Waals surface area (Å²) in [5.74, 6) is -0.562. The molecule has 110 heavy (non-hydrogen) atoms. The first-order valence-electron chi connectivity index (χ1n) is 35.8. The molecule has 8 aromatic carbocycles. The molecule has 0 saturated heterocycles. The van der Waals surface area contributed by atoms with Crippen LogP contribution in [0.3, 0.4) is 0 Å². The van der Waals surface area contributed by atoms with E-state index in [2.05, 4.69) is 59.4 Å². The van der Waals surface area contributed by atoms with Gasteiger partial charge < -0.3 is 32.8 Å². The topological polar surface area (TPSA) is 205 Å². The number of hydrogen-bond donors (Lipinski definition) is 2. The second-order valence-electron chi connectivity index (χ2n) is 28.8. The maximum Gasteiger partial charge on any atom is 1.00 e.